The number of rotatable bonds is 8. The predicted octanol–water partition coefficient (Wildman–Crippen LogP) is 4.87. The summed E-state index contributed by atoms with van der Waals surface area (Å²) in [5, 5.41) is 17.7. The molecule has 3 aromatic rings. The highest BCUT2D eigenvalue weighted by molar-refractivity contribution is 5.30. The number of nitrogens with zero attached hydrogens (tertiary/aromatic N) is 7. The van der Waals surface area contributed by atoms with E-state index < -0.39 is 11.7 Å². The van der Waals surface area contributed by atoms with Crippen molar-refractivity contribution < 1.29 is 22.6 Å². The maximum Gasteiger partial charge on any atom is 0.416 e. The van der Waals surface area contributed by atoms with Gasteiger partial charge in [0.15, 0.2) is 5.82 Å². The monoisotopic (exact) mass is 559 g/mol. The van der Waals surface area contributed by atoms with E-state index in [1.54, 1.807) is 0 Å². The quantitative estimate of drug-likeness (QED) is 0.389. The van der Waals surface area contributed by atoms with Gasteiger partial charge in [-0.15, -0.1) is 15.3 Å². The summed E-state index contributed by atoms with van der Waals surface area (Å²) < 4.78 is 54.6. The van der Waals surface area contributed by atoms with E-state index in [0.717, 1.165) is 68.7 Å². The van der Waals surface area contributed by atoms with E-state index in [4.69, 9.17) is 9.47 Å². The van der Waals surface area contributed by atoms with Gasteiger partial charge in [0, 0.05) is 31.6 Å². The molecule has 9 nitrogen and oxygen atoms in total. The van der Waals surface area contributed by atoms with E-state index in [1.165, 1.54) is 31.6 Å². The van der Waals surface area contributed by atoms with Crippen LogP contribution in [0.1, 0.15) is 85.7 Å². The highest BCUT2D eigenvalue weighted by Gasteiger charge is 2.32. The Bertz CT molecular complexity index is 1270. The Morgan fingerprint density at radius 2 is 1.80 bits per heavy atom. The molecule has 40 heavy (non-hydrogen) atoms. The van der Waals surface area contributed by atoms with Crippen molar-refractivity contribution in [3.05, 3.63) is 53.4 Å². The third-order valence-electron chi connectivity index (χ3n) is 8.70. The zero-order valence-electron chi connectivity index (χ0n) is 22.8. The number of ether oxygens (including phenoxy) is 2. The second kappa shape index (κ2) is 11.5. The lowest BCUT2D eigenvalue weighted by Crippen LogP contribution is -2.44. The fraction of sp³-hybridized carbons (Fsp3) is 0.643. The van der Waals surface area contributed by atoms with E-state index in [-0.39, 0.29) is 24.3 Å². The van der Waals surface area contributed by atoms with Gasteiger partial charge in [-0.1, -0.05) is 11.3 Å². The zero-order chi connectivity index (χ0) is 27.7. The van der Waals surface area contributed by atoms with Gasteiger partial charge in [-0.2, -0.15) is 13.2 Å². The van der Waals surface area contributed by atoms with Crippen molar-refractivity contribution in [1.29, 1.82) is 0 Å². The first kappa shape index (κ1) is 27.2. The van der Waals surface area contributed by atoms with E-state index in [0.29, 0.717) is 24.5 Å². The van der Waals surface area contributed by atoms with Gasteiger partial charge in [-0.3, -0.25) is 0 Å². The number of halogens is 3. The maximum absolute atomic E-state index is 13.0. The van der Waals surface area contributed by atoms with Crippen LogP contribution in [0.15, 0.2) is 30.5 Å². The van der Waals surface area contributed by atoms with Crippen LogP contribution < -0.4 is 4.74 Å². The first-order chi connectivity index (χ1) is 19.3. The van der Waals surface area contributed by atoms with Gasteiger partial charge in [-0.05, 0) is 76.2 Å². The Kier molecular flexibility index (Phi) is 7.80. The number of aromatic nitrogens is 6. The van der Waals surface area contributed by atoms with Crippen LogP contribution in [-0.2, 0) is 24.6 Å². The average molecular weight is 560 g/mol. The Labute approximate surface area is 231 Å². The van der Waals surface area contributed by atoms with Crippen molar-refractivity contribution in [3.63, 3.8) is 0 Å². The van der Waals surface area contributed by atoms with Crippen molar-refractivity contribution in [2.45, 2.75) is 81.7 Å². The molecular weight excluding hydrogens is 523 g/mol. The molecule has 0 spiro atoms. The SMILES string of the molecule is Cn1c(COc2cccc(C(F)(F)F)c2)nnc1C1CCC(c2cn([C@@H]3CC[C@@H](CN4CCC4)OC3)nn2)CC1. The Morgan fingerprint density at radius 1 is 1.00 bits per heavy atom. The minimum Gasteiger partial charge on any atom is -0.486 e. The van der Waals surface area contributed by atoms with Crippen LogP contribution in [0, 0.1) is 0 Å². The van der Waals surface area contributed by atoms with Crippen LogP contribution in [-0.4, -0.2) is 67.0 Å². The Balaban J connectivity index is 0.993. The maximum atomic E-state index is 13.0. The van der Waals surface area contributed by atoms with Gasteiger partial charge in [-0.25, -0.2) is 4.68 Å². The summed E-state index contributed by atoms with van der Waals surface area (Å²) >= 11 is 0. The second-order valence-electron chi connectivity index (χ2n) is 11.4. The molecule has 1 aliphatic carbocycles. The van der Waals surface area contributed by atoms with Crippen molar-refractivity contribution in [2.24, 2.45) is 7.05 Å². The molecule has 2 atom stereocenters. The summed E-state index contributed by atoms with van der Waals surface area (Å²) in [5.41, 5.74) is 0.313. The zero-order valence-corrected chi connectivity index (χ0v) is 22.8. The molecule has 0 unspecified atom stereocenters. The second-order valence-corrected chi connectivity index (χ2v) is 11.4. The van der Waals surface area contributed by atoms with Crippen molar-refractivity contribution in [2.75, 3.05) is 26.2 Å². The average Bonchev–Trinajstić information content (AvgIpc) is 3.57. The summed E-state index contributed by atoms with van der Waals surface area (Å²) in [6.45, 7) is 4.20. The molecule has 3 aliphatic rings. The summed E-state index contributed by atoms with van der Waals surface area (Å²) in [6, 6.07) is 5.13. The molecule has 1 aromatic carbocycles. The van der Waals surface area contributed by atoms with Gasteiger partial charge in [0.25, 0.3) is 0 Å². The molecule has 2 saturated heterocycles. The van der Waals surface area contributed by atoms with E-state index >= 15 is 0 Å². The van der Waals surface area contributed by atoms with Crippen LogP contribution >= 0.6 is 0 Å². The molecule has 0 radical (unpaired) electrons. The van der Waals surface area contributed by atoms with Gasteiger partial charge < -0.3 is 18.9 Å². The lowest BCUT2D eigenvalue weighted by Gasteiger charge is -2.36. The lowest BCUT2D eigenvalue weighted by atomic mass is 9.80. The van der Waals surface area contributed by atoms with Crippen LogP contribution in [0.3, 0.4) is 0 Å². The number of likely N-dealkylation sites (tertiary alicyclic amines) is 1. The fourth-order valence-corrected chi connectivity index (χ4v) is 6.07. The Hall–Kier alpha value is -2.99. The first-order valence-corrected chi connectivity index (χ1v) is 14.3. The van der Waals surface area contributed by atoms with Crippen LogP contribution in [0.4, 0.5) is 13.2 Å². The summed E-state index contributed by atoms with van der Waals surface area (Å²) in [6.07, 6.45) is 5.38. The van der Waals surface area contributed by atoms with Gasteiger partial charge in [0.05, 0.1) is 30.0 Å². The first-order valence-electron chi connectivity index (χ1n) is 14.3. The molecule has 0 N–H and O–H groups in total. The van der Waals surface area contributed by atoms with Crippen LogP contribution in [0.5, 0.6) is 5.75 Å². The number of alkyl halides is 3. The van der Waals surface area contributed by atoms with E-state index in [9.17, 15) is 13.2 Å². The summed E-state index contributed by atoms with van der Waals surface area (Å²) in [4.78, 5) is 2.46. The minimum absolute atomic E-state index is 0.0488. The molecule has 2 aromatic heterocycles. The summed E-state index contributed by atoms with van der Waals surface area (Å²) in [5.74, 6) is 2.25. The fourth-order valence-electron chi connectivity index (χ4n) is 6.07. The molecule has 4 heterocycles. The largest absolute Gasteiger partial charge is 0.486 e. The third-order valence-corrected chi connectivity index (χ3v) is 8.70. The highest BCUT2D eigenvalue weighted by Crippen LogP contribution is 2.40. The standard InChI is InChI=1S/C28H36F3N7O2/c1-36-26(18-40-23-5-2-4-21(14-23)28(29,30)31)33-34-27(36)20-8-6-19(7-9-20)25-16-38(35-32-25)22-10-11-24(39-17-22)15-37-12-3-13-37/h2,4-5,14,16,19-20,22,24H,3,6-13,15,17-18H2,1H3/t19?,20?,22-,24+/m1/s1. The predicted molar refractivity (Wildman–Crippen MR) is 140 cm³/mol. The number of hydrogen-bond donors (Lipinski definition) is 0. The third kappa shape index (κ3) is 6.02. The Morgan fingerprint density at radius 3 is 2.50 bits per heavy atom. The van der Waals surface area contributed by atoms with Crippen molar-refractivity contribution in [1.82, 2.24) is 34.7 Å². The molecule has 3 fully saturated rings. The lowest BCUT2D eigenvalue weighted by molar-refractivity contribution is -0.137. The summed E-state index contributed by atoms with van der Waals surface area (Å²) in [7, 11) is 1.89. The van der Waals surface area contributed by atoms with E-state index in [2.05, 4.69) is 31.6 Å². The molecule has 216 valence electrons. The molecule has 2 aliphatic heterocycles. The minimum atomic E-state index is -4.41. The molecule has 1 saturated carbocycles. The molecular formula is C28H36F3N7O2. The van der Waals surface area contributed by atoms with Crippen molar-refractivity contribution >= 4 is 0 Å². The molecule has 0 amide bonds. The topological polar surface area (TPSA) is 83.1 Å². The van der Waals surface area contributed by atoms with Gasteiger partial charge in [0.2, 0.25) is 0 Å². The smallest absolute Gasteiger partial charge is 0.416 e. The molecule has 12 heteroatoms. The van der Waals surface area contributed by atoms with Gasteiger partial charge >= 0.3 is 6.18 Å². The number of benzene rings is 1. The number of hydrogen-bond acceptors (Lipinski definition) is 7. The molecule has 0 bridgehead atoms. The van der Waals surface area contributed by atoms with Gasteiger partial charge in [0.1, 0.15) is 18.2 Å². The highest BCUT2D eigenvalue weighted by atomic mass is 19.4. The van der Waals surface area contributed by atoms with E-state index in [1.807, 2.05) is 16.3 Å². The molecule has 6 rings (SSSR count). The normalized spacial score (nSPS) is 26.0. The van der Waals surface area contributed by atoms with Crippen LogP contribution in [0.25, 0.3) is 0 Å². The van der Waals surface area contributed by atoms with Crippen LogP contribution in [0.2, 0.25) is 0 Å². The van der Waals surface area contributed by atoms with Crippen molar-refractivity contribution in [3.8, 4) is 5.75 Å².